The number of hydrogen-bond donors (Lipinski definition) is 3. The number of carbonyl (C=O) groups excluding carboxylic acids is 13. The quantitative estimate of drug-likeness (QED) is 0.0603. The third-order valence-corrected chi connectivity index (χ3v) is 20.5. The fourth-order valence-electron chi connectivity index (χ4n) is 11.5. The summed E-state index contributed by atoms with van der Waals surface area (Å²) in [6, 6.07) is 6.74. The number of amides is 11. The number of imide groups is 2. The largest absolute Gasteiger partial charge is 0.441 e. The minimum atomic E-state index is -0.705. The Kier molecular flexibility index (Phi) is 53.7. The molecule has 2 aliphatic heterocycles. The number of benzene rings is 1. The molecular formula is C76H126N10O23S2. The minimum Gasteiger partial charge on any atom is -0.441 e. The first-order valence-electron chi connectivity index (χ1n) is 38.7. The summed E-state index contributed by atoms with van der Waals surface area (Å²) in [7, 11) is 13.2. The summed E-state index contributed by atoms with van der Waals surface area (Å²) < 4.78 is 52.9. The van der Waals surface area contributed by atoms with Gasteiger partial charge in [-0.15, -0.1) is 23.5 Å². The van der Waals surface area contributed by atoms with E-state index >= 15 is 0 Å². The summed E-state index contributed by atoms with van der Waals surface area (Å²) in [4.78, 5) is 180. The van der Waals surface area contributed by atoms with Gasteiger partial charge in [-0.05, 0) is 108 Å². The van der Waals surface area contributed by atoms with Gasteiger partial charge in [-0.1, -0.05) is 37.8 Å². The van der Waals surface area contributed by atoms with Crippen LogP contribution in [0.3, 0.4) is 0 Å². The molecule has 0 aliphatic carbocycles. The molecule has 111 heavy (non-hydrogen) atoms. The molecule has 3 rings (SSSR count). The molecule has 2 fully saturated rings. The van der Waals surface area contributed by atoms with Gasteiger partial charge in [0.2, 0.25) is 53.2 Å². The lowest BCUT2D eigenvalue weighted by molar-refractivity contribution is -0.141. The Morgan fingerprint density at radius 2 is 0.928 bits per heavy atom. The van der Waals surface area contributed by atoms with Gasteiger partial charge in [0, 0.05) is 146 Å². The molecule has 0 radical (unpaired) electrons. The number of ketones is 2. The van der Waals surface area contributed by atoms with Crippen molar-refractivity contribution in [3.05, 3.63) is 29.8 Å². The first-order chi connectivity index (χ1) is 53.5. The summed E-state index contributed by atoms with van der Waals surface area (Å²) in [6.45, 7) is 4.90. The van der Waals surface area contributed by atoms with E-state index in [9.17, 15) is 62.3 Å². The summed E-state index contributed by atoms with van der Waals surface area (Å²) in [5.74, 6) is -1.67. The normalized spacial score (nSPS) is 14.4. The van der Waals surface area contributed by atoms with Gasteiger partial charge in [-0.3, -0.25) is 62.5 Å². The Bertz CT molecular complexity index is 2810. The monoisotopic (exact) mass is 1610 g/mol. The van der Waals surface area contributed by atoms with Crippen LogP contribution in [0.25, 0.3) is 0 Å². The fourth-order valence-corrected chi connectivity index (χ4v) is 13.9. The van der Waals surface area contributed by atoms with Crippen LogP contribution in [0.4, 0.5) is 9.59 Å². The second-order valence-electron chi connectivity index (χ2n) is 27.1. The smallest absolute Gasteiger partial charge is 0.414 e. The number of methoxy groups -OCH3 is 4. The molecule has 2 unspecified atom stereocenters. The van der Waals surface area contributed by atoms with E-state index in [4.69, 9.17) is 47.4 Å². The van der Waals surface area contributed by atoms with Crippen LogP contribution in [0.15, 0.2) is 24.3 Å². The van der Waals surface area contributed by atoms with Crippen LogP contribution in [0.5, 0.6) is 5.75 Å². The number of unbranched alkanes of at least 4 members (excludes halogenated alkanes) is 6. The predicted molar refractivity (Wildman–Crippen MR) is 417 cm³/mol. The molecule has 33 nitrogen and oxygen atoms in total. The maximum absolute atomic E-state index is 14.1. The topological polar surface area (TPSA) is 373 Å². The Balaban J connectivity index is 1.49. The van der Waals surface area contributed by atoms with Crippen molar-refractivity contribution in [3.63, 3.8) is 0 Å². The summed E-state index contributed by atoms with van der Waals surface area (Å²) in [5, 5.41) is 6.89. The number of nitrogens with one attached hydrogen (secondary N) is 3. The van der Waals surface area contributed by atoms with Crippen LogP contribution in [0.1, 0.15) is 140 Å². The van der Waals surface area contributed by atoms with Crippen LogP contribution in [0.2, 0.25) is 0 Å². The number of ether oxygens (including phenoxy) is 10. The molecule has 0 aromatic heterocycles. The number of carbonyl (C=O) groups is 13. The van der Waals surface area contributed by atoms with Gasteiger partial charge in [-0.2, -0.15) is 0 Å². The number of rotatable bonds is 67. The van der Waals surface area contributed by atoms with Crippen LogP contribution >= 0.6 is 23.5 Å². The summed E-state index contributed by atoms with van der Waals surface area (Å²) >= 11 is 2.84. The van der Waals surface area contributed by atoms with Crippen molar-refractivity contribution in [2.75, 3.05) is 226 Å². The average molecular weight is 1610 g/mol. The molecule has 2 aliphatic rings. The molecule has 630 valence electrons. The molecular weight excluding hydrogens is 1490 g/mol. The Morgan fingerprint density at radius 3 is 1.37 bits per heavy atom. The van der Waals surface area contributed by atoms with Crippen molar-refractivity contribution in [1.82, 2.24) is 50.2 Å². The molecule has 0 bridgehead atoms. The number of hydrogen-bond acceptors (Lipinski definition) is 26. The Hall–Kier alpha value is -6.93. The van der Waals surface area contributed by atoms with E-state index in [0.717, 1.165) is 74.1 Å². The van der Waals surface area contributed by atoms with Gasteiger partial charge in [-0.25, -0.2) is 9.59 Å². The van der Waals surface area contributed by atoms with Gasteiger partial charge in [0.25, 0.3) is 0 Å². The van der Waals surface area contributed by atoms with E-state index in [1.807, 2.05) is 23.9 Å². The number of likely N-dealkylation sites (tertiary alicyclic amines) is 2. The van der Waals surface area contributed by atoms with Crippen LogP contribution in [0, 0.1) is 0 Å². The number of Topliss-reactive ketones (excluding diaryl/α,β-unsaturated/α-hetero) is 2. The van der Waals surface area contributed by atoms with Crippen molar-refractivity contribution >= 4 is 100 Å². The highest BCUT2D eigenvalue weighted by molar-refractivity contribution is 8.00. The molecule has 2 heterocycles. The maximum Gasteiger partial charge on any atom is 0.414 e. The van der Waals surface area contributed by atoms with Crippen molar-refractivity contribution in [2.24, 2.45) is 0 Å². The predicted octanol–water partition coefficient (Wildman–Crippen LogP) is 4.33. The van der Waals surface area contributed by atoms with E-state index in [2.05, 4.69) is 16.0 Å². The first kappa shape index (κ1) is 98.3. The van der Waals surface area contributed by atoms with E-state index in [1.54, 1.807) is 45.5 Å². The average Bonchev–Trinajstić information content (AvgIpc) is 1.76. The zero-order valence-electron chi connectivity index (χ0n) is 66.9. The van der Waals surface area contributed by atoms with Gasteiger partial charge in [0.1, 0.15) is 36.6 Å². The number of nitrogens with zero attached hydrogens (tertiary/aromatic N) is 7. The Labute approximate surface area is 663 Å². The molecule has 11 amide bonds. The number of thioether (sulfide) groups is 2. The highest BCUT2D eigenvalue weighted by atomic mass is 32.2. The van der Waals surface area contributed by atoms with Gasteiger partial charge in [0.15, 0.2) is 0 Å². The van der Waals surface area contributed by atoms with Crippen LogP contribution in [-0.4, -0.2) is 348 Å². The van der Waals surface area contributed by atoms with Crippen molar-refractivity contribution in [2.45, 2.75) is 145 Å². The second kappa shape index (κ2) is 60.6. The van der Waals surface area contributed by atoms with Crippen molar-refractivity contribution < 1.29 is 110 Å². The highest BCUT2D eigenvalue weighted by Crippen LogP contribution is 2.30. The van der Waals surface area contributed by atoms with Crippen LogP contribution in [-0.2, 0) is 95.4 Å². The SMILES string of the molecule is CNC(=O)O[C@@H](CCCC(=O)N(CCCCCCSC1CC(=O)N(CCC(=O)CCCNC(=O)CN(CCOCCOC)C(=O)COCCOC)C1=O)CCCCCCSC1CC(=O)N(CCC(=O)CCCNC(=O)CN(CCOCCOC)C(=O)COCCOC)C1=O)c1ccc(OC(=O)N(C)CCCN(C)C)cc1. The molecule has 35 heteroatoms. The summed E-state index contributed by atoms with van der Waals surface area (Å²) in [5.41, 5.74) is 0.659. The van der Waals surface area contributed by atoms with Crippen LogP contribution < -0.4 is 20.7 Å². The zero-order valence-corrected chi connectivity index (χ0v) is 68.5. The van der Waals surface area contributed by atoms with E-state index < -0.39 is 52.4 Å². The Morgan fingerprint density at radius 1 is 0.477 bits per heavy atom. The van der Waals surface area contributed by atoms with E-state index in [0.29, 0.717) is 108 Å². The van der Waals surface area contributed by atoms with Crippen molar-refractivity contribution in [1.29, 1.82) is 0 Å². The first-order valence-corrected chi connectivity index (χ1v) is 40.8. The fraction of sp³-hybridized carbons (Fsp3) is 0.750. The molecule has 1 aromatic carbocycles. The van der Waals surface area contributed by atoms with Gasteiger partial charge in [0.05, 0.1) is 89.7 Å². The number of alkyl carbamates (subject to hydrolysis) is 1. The lowest BCUT2D eigenvalue weighted by Crippen LogP contribution is -2.44. The molecule has 3 N–H and O–H groups in total. The lowest BCUT2D eigenvalue weighted by Gasteiger charge is -2.24. The zero-order chi connectivity index (χ0) is 81.4. The van der Waals surface area contributed by atoms with Crippen molar-refractivity contribution in [3.8, 4) is 5.75 Å². The van der Waals surface area contributed by atoms with Gasteiger partial charge >= 0.3 is 12.2 Å². The third kappa shape index (κ3) is 43.8. The van der Waals surface area contributed by atoms with Gasteiger partial charge < -0.3 is 87.8 Å². The van der Waals surface area contributed by atoms with E-state index in [1.165, 1.54) is 59.5 Å². The molecule has 0 spiro atoms. The lowest BCUT2D eigenvalue weighted by atomic mass is 10.0. The molecule has 2 saturated heterocycles. The molecule has 1 aromatic rings. The molecule has 0 saturated carbocycles. The second-order valence-corrected chi connectivity index (χ2v) is 29.7. The maximum atomic E-state index is 14.1. The third-order valence-electron chi connectivity index (χ3n) is 17.9. The summed E-state index contributed by atoms with van der Waals surface area (Å²) in [6.07, 6.45) is 7.02. The standard InChI is InChI=1S/C76H126N10O23S2/c1-77-75(98)109-63(59-25-27-62(28-26-59)108-76(99)81(4)34-20-33-80(2)3)23-17-24-68(91)82(35-13-9-11-15-51-110-64-53-69(92)85(73(64)96)37-29-60(87)21-18-31-78-66(89)55-83(39-41-104-47-43-100-5)71(94)57-106-49-45-102-7)36-14-10-12-16-52-111-65-54-70(93)86(74(65)97)38-30-61(88)22-19-32-79-67(90)56-84(40-42-105-48-44-101-6)72(95)58-107-50-46-103-8/h25-28,63-65H,9-24,29-58H2,1-8H3,(H,77,98)(H,78,89)(H,79,90)/t63-,64?,65?/m0/s1. The molecule has 3 atom stereocenters. The minimum absolute atomic E-state index is 0.0107. The highest BCUT2D eigenvalue weighted by Gasteiger charge is 2.40. The van der Waals surface area contributed by atoms with E-state index in [-0.39, 0.29) is 178 Å².